The number of nitrogens with one attached hydrogen (secondary N) is 1. The molecule has 1 fully saturated rings. The third-order valence-corrected chi connectivity index (χ3v) is 4.56. The van der Waals surface area contributed by atoms with Gasteiger partial charge in [-0.15, -0.1) is 0 Å². The molecule has 1 unspecified atom stereocenters. The number of piperazine rings is 1. The minimum absolute atomic E-state index is 0.377. The molecule has 0 aliphatic carbocycles. The molecule has 3 rings (SSSR count). The van der Waals surface area contributed by atoms with Gasteiger partial charge in [-0.1, -0.05) is 30.3 Å². The molecular formula is C19H23N5O3. The van der Waals surface area contributed by atoms with Crippen molar-refractivity contribution in [2.75, 3.05) is 31.1 Å². The summed E-state index contributed by atoms with van der Waals surface area (Å²) in [5, 5.41) is 12.1. The van der Waals surface area contributed by atoms with E-state index in [9.17, 15) is 14.7 Å². The van der Waals surface area contributed by atoms with Crippen molar-refractivity contribution in [1.29, 1.82) is 0 Å². The summed E-state index contributed by atoms with van der Waals surface area (Å²) in [5.74, 6) is -0.249. The molecule has 0 saturated carbocycles. The maximum absolute atomic E-state index is 12.6. The number of amides is 2. The number of carbonyl (C=O) groups excluding carboxylic acids is 1. The number of rotatable bonds is 4. The highest BCUT2D eigenvalue weighted by Crippen LogP contribution is 2.18. The number of benzene rings is 1. The normalized spacial score (nSPS) is 15.3. The van der Waals surface area contributed by atoms with Gasteiger partial charge in [-0.05, 0) is 19.4 Å². The van der Waals surface area contributed by atoms with Crippen LogP contribution in [0.2, 0.25) is 0 Å². The van der Waals surface area contributed by atoms with Gasteiger partial charge < -0.3 is 20.2 Å². The second-order valence-electron chi connectivity index (χ2n) is 6.53. The monoisotopic (exact) mass is 369 g/mol. The minimum atomic E-state index is -1.08. The van der Waals surface area contributed by atoms with Gasteiger partial charge in [-0.25, -0.2) is 14.6 Å². The molecule has 1 aliphatic rings. The average Bonchev–Trinajstić information content (AvgIpc) is 2.68. The van der Waals surface area contributed by atoms with E-state index in [1.165, 1.54) is 0 Å². The van der Waals surface area contributed by atoms with E-state index in [0.29, 0.717) is 31.7 Å². The highest BCUT2D eigenvalue weighted by molar-refractivity contribution is 5.83. The van der Waals surface area contributed by atoms with Crippen LogP contribution in [0, 0.1) is 13.8 Å². The molecule has 8 heteroatoms. The number of carboxylic acid groups (broad SMARTS) is 1. The summed E-state index contributed by atoms with van der Waals surface area (Å²) in [6.45, 7) is 6.03. The number of carboxylic acids is 1. The molecule has 0 spiro atoms. The zero-order chi connectivity index (χ0) is 19.4. The molecule has 1 aromatic carbocycles. The van der Waals surface area contributed by atoms with E-state index in [0.717, 1.165) is 17.2 Å². The van der Waals surface area contributed by atoms with Gasteiger partial charge in [-0.2, -0.15) is 0 Å². The molecule has 2 aromatic rings. The number of nitrogens with zero attached hydrogens (tertiary/aromatic N) is 4. The summed E-state index contributed by atoms with van der Waals surface area (Å²) in [5.41, 5.74) is 2.25. The van der Waals surface area contributed by atoms with Gasteiger partial charge in [0.2, 0.25) is 0 Å². The Morgan fingerprint density at radius 2 is 1.78 bits per heavy atom. The van der Waals surface area contributed by atoms with Crippen LogP contribution in [0.5, 0.6) is 0 Å². The lowest BCUT2D eigenvalue weighted by atomic mass is 10.1. The maximum atomic E-state index is 12.6. The van der Waals surface area contributed by atoms with Crippen LogP contribution < -0.4 is 10.2 Å². The van der Waals surface area contributed by atoms with Crippen molar-refractivity contribution in [3.8, 4) is 0 Å². The molecule has 1 saturated heterocycles. The highest BCUT2D eigenvalue weighted by Gasteiger charge is 2.27. The fourth-order valence-electron chi connectivity index (χ4n) is 3.09. The first-order valence-corrected chi connectivity index (χ1v) is 8.84. The van der Waals surface area contributed by atoms with E-state index in [4.69, 9.17) is 0 Å². The molecule has 27 heavy (non-hydrogen) atoms. The Labute approximate surface area is 157 Å². The molecular weight excluding hydrogens is 346 g/mol. The Bertz CT molecular complexity index is 819. The smallest absolute Gasteiger partial charge is 0.330 e. The molecule has 1 aliphatic heterocycles. The van der Waals surface area contributed by atoms with Crippen LogP contribution in [-0.4, -0.2) is 58.2 Å². The average molecular weight is 369 g/mol. The fraction of sp³-hybridized carbons (Fsp3) is 0.368. The number of urea groups is 1. The van der Waals surface area contributed by atoms with Crippen molar-refractivity contribution >= 4 is 17.8 Å². The van der Waals surface area contributed by atoms with Gasteiger partial charge >= 0.3 is 12.0 Å². The summed E-state index contributed by atoms with van der Waals surface area (Å²) in [6, 6.07) is 7.24. The quantitative estimate of drug-likeness (QED) is 0.852. The van der Waals surface area contributed by atoms with Crippen LogP contribution in [0.3, 0.4) is 0 Å². The van der Waals surface area contributed by atoms with Crippen molar-refractivity contribution in [2.45, 2.75) is 19.9 Å². The van der Waals surface area contributed by atoms with E-state index in [1.807, 2.05) is 13.8 Å². The zero-order valence-corrected chi connectivity index (χ0v) is 15.4. The highest BCUT2D eigenvalue weighted by atomic mass is 16.4. The van der Waals surface area contributed by atoms with Gasteiger partial charge in [0.15, 0.2) is 6.04 Å². The van der Waals surface area contributed by atoms with Gasteiger partial charge in [0, 0.05) is 32.4 Å². The Balaban J connectivity index is 1.62. The topological polar surface area (TPSA) is 98.7 Å². The third kappa shape index (κ3) is 4.33. The molecule has 2 N–H and O–H groups in total. The van der Waals surface area contributed by atoms with Gasteiger partial charge in [0.1, 0.15) is 5.82 Å². The Hall–Kier alpha value is -3.16. The largest absolute Gasteiger partial charge is 0.479 e. The first-order chi connectivity index (χ1) is 13.0. The van der Waals surface area contributed by atoms with E-state index >= 15 is 0 Å². The fourth-order valence-corrected chi connectivity index (χ4v) is 3.09. The molecule has 0 bridgehead atoms. The summed E-state index contributed by atoms with van der Waals surface area (Å²) < 4.78 is 0. The molecule has 8 nitrogen and oxygen atoms in total. The van der Waals surface area contributed by atoms with Crippen molar-refractivity contribution in [3.05, 3.63) is 53.5 Å². The van der Waals surface area contributed by atoms with Gasteiger partial charge in [-0.3, -0.25) is 4.98 Å². The Kier molecular flexibility index (Phi) is 5.54. The maximum Gasteiger partial charge on any atom is 0.330 e. The number of hydrogen-bond acceptors (Lipinski definition) is 5. The number of aromatic nitrogens is 2. The molecule has 1 atom stereocenters. The number of aryl methyl sites for hydroxylation is 2. The number of hydrogen-bond donors (Lipinski definition) is 2. The predicted molar refractivity (Wildman–Crippen MR) is 101 cm³/mol. The first-order valence-electron chi connectivity index (χ1n) is 8.84. The SMILES string of the molecule is Cc1cnc(C)c(N2CCN(C(=O)NC(C(=O)O)c3ccccc3)CC2)n1. The van der Waals surface area contributed by atoms with Crippen LogP contribution in [0.4, 0.5) is 10.6 Å². The summed E-state index contributed by atoms with van der Waals surface area (Å²) in [7, 11) is 0. The summed E-state index contributed by atoms with van der Waals surface area (Å²) >= 11 is 0. The molecule has 142 valence electrons. The standard InChI is InChI=1S/C19H23N5O3/c1-13-12-20-14(2)17(21-13)23-8-10-24(11-9-23)19(27)22-16(18(25)26)15-6-4-3-5-7-15/h3-7,12,16H,8-11H2,1-2H3,(H,22,27)(H,25,26). The summed E-state index contributed by atoms with van der Waals surface area (Å²) in [6.07, 6.45) is 1.73. The molecule has 2 amide bonds. The van der Waals surface area contributed by atoms with Crippen molar-refractivity contribution < 1.29 is 14.7 Å². The Morgan fingerprint density at radius 1 is 1.11 bits per heavy atom. The lowest BCUT2D eigenvalue weighted by molar-refractivity contribution is -0.139. The summed E-state index contributed by atoms with van der Waals surface area (Å²) in [4.78, 5) is 36.7. The van der Waals surface area contributed by atoms with Crippen LogP contribution >= 0.6 is 0 Å². The first kappa shape index (κ1) is 18.6. The number of carbonyl (C=O) groups is 2. The van der Waals surface area contributed by atoms with Crippen LogP contribution in [0.25, 0.3) is 0 Å². The number of anilines is 1. The Morgan fingerprint density at radius 3 is 2.41 bits per heavy atom. The van der Waals surface area contributed by atoms with E-state index < -0.39 is 12.0 Å². The van der Waals surface area contributed by atoms with E-state index in [2.05, 4.69) is 20.2 Å². The van der Waals surface area contributed by atoms with Crippen molar-refractivity contribution in [2.24, 2.45) is 0 Å². The second-order valence-corrected chi connectivity index (χ2v) is 6.53. The zero-order valence-electron chi connectivity index (χ0n) is 15.4. The predicted octanol–water partition coefficient (Wildman–Crippen LogP) is 1.75. The minimum Gasteiger partial charge on any atom is -0.479 e. The van der Waals surface area contributed by atoms with Gasteiger partial charge in [0.05, 0.1) is 11.4 Å². The third-order valence-electron chi connectivity index (χ3n) is 4.56. The van der Waals surface area contributed by atoms with E-state index in [1.54, 1.807) is 41.4 Å². The van der Waals surface area contributed by atoms with Gasteiger partial charge in [0.25, 0.3) is 0 Å². The van der Waals surface area contributed by atoms with Crippen molar-refractivity contribution in [1.82, 2.24) is 20.2 Å². The number of aliphatic carboxylic acids is 1. The van der Waals surface area contributed by atoms with Crippen LogP contribution in [-0.2, 0) is 4.79 Å². The van der Waals surface area contributed by atoms with Crippen LogP contribution in [0.15, 0.2) is 36.5 Å². The lowest BCUT2D eigenvalue weighted by Gasteiger charge is -2.36. The lowest BCUT2D eigenvalue weighted by Crippen LogP contribution is -2.53. The molecule has 1 aromatic heterocycles. The molecule has 0 radical (unpaired) electrons. The molecule has 2 heterocycles. The van der Waals surface area contributed by atoms with Crippen molar-refractivity contribution in [3.63, 3.8) is 0 Å². The second kappa shape index (κ2) is 8.03. The van der Waals surface area contributed by atoms with E-state index in [-0.39, 0.29) is 6.03 Å². The van der Waals surface area contributed by atoms with Crippen LogP contribution in [0.1, 0.15) is 23.0 Å².